The van der Waals surface area contributed by atoms with Crippen LogP contribution in [-0.2, 0) is 4.79 Å². The monoisotopic (exact) mass is 260 g/mol. The molecule has 17 heavy (non-hydrogen) atoms. The predicted octanol–water partition coefficient (Wildman–Crippen LogP) is 3.50. The smallest absolute Gasteiger partial charge is 0.303 e. The van der Waals surface area contributed by atoms with E-state index in [2.05, 4.69) is 0 Å². The van der Waals surface area contributed by atoms with Gasteiger partial charge in [0.15, 0.2) is 0 Å². The van der Waals surface area contributed by atoms with Gasteiger partial charge in [-0.3, -0.25) is 4.79 Å². The Bertz CT molecular complexity index is 382. The molecule has 0 aliphatic rings. The van der Waals surface area contributed by atoms with Gasteiger partial charge in [0, 0.05) is 12.5 Å². The third kappa shape index (κ3) is 5.54. The van der Waals surface area contributed by atoms with E-state index in [9.17, 15) is 9.18 Å². The van der Waals surface area contributed by atoms with Crippen molar-refractivity contribution in [2.45, 2.75) is 25.7 Å². The number of carbonyl (C=O) groups is 1. The molecule has 0 bridgehead atoms. The maximum Gasteiger partial charge on any atom is 0.303 e. The Morgan fingerprint density at radius 1 is 1.35 bits per heavy atom. The zero-order valence-corrected chi connectivity index (χ0v) is 10.0. The molecule has 1 aromatic carbocycles. The number of hydrogen-bond donors (Lipinski definition) is 1. The number of hydrogen-bond acceptors (Lipinski definition) is 2. The zero-order chi connectivity index (χ0) is 12.7. The van der Waals surface area contributed by atoms with Gasteiger partial charge in [-0.2, -0.15) is 0 Å². The first kappa shape index (κ1) is 13.8. The van der Waals surface area contributed by atoms with Crippen molar-refractivity contribution in [3.8, 4) is 5.75 Å². The molecule has 0 radical (unpaired) electrons. The maximum absolute atomic E-state index is 13.0. The summed E-state index contributed by atoms with van der Waals surface area (Å²) >= 11 is 5.53. The second kappa shape index (κ2) is 7.12. The summed E-state index contributed by atoms with van der Waals surface area (Å²) in [6, 6.07) is 4.28. The van der Waals surface area contributed by atoms with E-state index in [1.807, 2.05) is 0 Å². The summed E-state index contributed by atoms with van der Waals surface area (Å²) < 4.78 is 18.3. The van der Waals surface area contributed by atoms with Crippen LogP contribution in [0.4, 0.5) is 4.39 Å². The van der Waals surface area contributed by atoms with Gasteiger partial charge >= 0.3 is 5.97 Å². The molecule has 0 aromatic heterocycles. The molecule has 3 nitrogen and oxygen atoms in total. The van der Waals surface area contributed by atoms with Gasteiger partial charge in [-0.15, -0.1) is 0 Å². The summed E-state index contributed by atoms with van der Waals surface area (Å²) in [7, 11) is 0. The van der Waals surface area contributed by atoms with E-state index in [0.29, 0.717) is 18.8 Å². The number of ether oxygens (including phenoxy) is 1. The van der Waals surface area contributed by atoms with E-state index in [0.717, 1.165) is 12.8 Å². The summed E-state index contributed by atoms with van der Waals surface area (Å²) in [5, 5.41) is 8.49. The average molecular weight is 261 g/mol. The van der Waals surface area contributed by atoms with Gasteiger partial charge in [0.2, 0.25) is 0 Å². The molecule has 5 heteroatoms. The molecule has 0 heterocycles. The quantitative estimate of drug-likeness (QED) is 0.763. The molecule has 0 spiro atoms. The molecule has 0 saturated heterocycles. The predicted molar refractivity (Wildman–Crippen MR) is 63.0 cm³/mol. The van der Waals surface area contributed by atoms with Crippen molar-refractivity contribution in [2.75, 3.05) is 6.61 Å². The van der Waals surface area contributed by atoms with E-state index < -0.39 is 11.8 Å². The Hall–Kier alpha value is -1.29. The number of halogens is 2. The molecule has 1 N–H and O–H groups in total. The lowest BCUT2D eigenvalue weighted by Gasteiger charge is -2.06. The summed E-state index contributed by atoms with van der Waals surface area (Å²) in [5.74, 6) is -0.856. The van der Waals surface area contributed by atoms with Crippen LogP contribution in [0.1, 0.15) is 25.7 Å². The van der Waals surface area contributed by atoms with Gasteiger partial charge in [-0.25, -0.2) is 4.39 Å². The topological polar surface area (TPSA) is 46.5 Å². The minimum absolute atomic E-state index is 0.0683. The Morgan fingerprint density at radius 3 is 2.76 bits per heavy atom. The van der Waals surface area contributed by atoms with Gasteiger partial charge in [0.25, 0.3) is 0 Å². The van der Waals surface area contributed by atoms with Crippen LogP contribution in [0.15, 0.2) is 18.2 Å². The highest BCUT2D eigenvalue weighted by molar-refractivity contribution is 6.30. The van der Waals surface area contributed by atoms with Crippen molar-refractivity contribution in [3.05, 3.63) is 29.0 Å². The summed E-state index contributed by atoms with van der Waals surface area (Å²) in [6.45, 7) is 0.445. The Balaban J connectivity index is 2.18. The first-order chi connectivity index (χ1) is 8.09. The third-order valence-corrected chi connectivity index (χ3v) is 2.50. The molecule has 1 rings (SSSR count). The minimum atomic E-state index is -0.786. The van der Waals surface area contributed by atoms with Crippen LogP contribution in [0.2, 0.25) is 5.02 Å². The van der Waals surface area contributed by atoms with Gasteiger partial charge in [0.1, 0.15) is 11.6 Å². The van der Waals surface area contributed by atoms with Crippen molar-refractivity contribution in [1.82, 2.24) is 0 Å². The molecule has 0 fully saturated rings. The summed E-state index contributed by atoms with van der Waals surface area (Å²) in [5.41, 5.74) is 0. The molecule has 0 saturated carbocycles. The lowest BCUT2D eigenvalue weighted by molar-refractivity contribution is -0.137. The fourth-order valence-corrected chi connectivity index (χ4v) is 1.43. The summed E-state index contributed by atoms with van der Waals surface area (Å²) in [4.78, 5) is 10.2. The Kier molecular flexibility index (Phi) is 5.77. The standard InChI is InChI=1S/C12H14ClFO3/c13-10-6-5-9(8-11(10)14)17-7-3-1-2-4-12(15)16/h5-6,8H,1-4,7H2,(H,15,16). The van der Waals surface area contributed by atoms with Crippen molar-refractivity contribution < 1.29 is 19.0 Å². The van der Waals surface area contributed by atoms with Crippen LogP contribution in [0.5, 0.6) is 5.75 Å². The van der Waals surface area contributed by atoms with E-state index in [1.165, 1.54) is 12.1 Å². The molecule has 1 aromatic rings. The fraction of sp³-hybridized carbons (Fsp3) is 0.417. The van der Waals surface area contributed by atoms with E-state index >= 15 is 0 Å². The van der Waals surface area contributed by atoms with Crippen LogP contribution in [0.25, 0.3) is 0 Å². The molecule has 0 unspecified atom stereocenters. The van der Waals surface area contributed by atoms with Gasteiger partial charge in [-0.05, 0) is 31.4 Å². The van der Waals surface area contributed by atoms with Crippen molar-refractivity contribution in [3.63, 3.8) is 0 Å². The van der Waals surface area contributed by atoms with E-state index in [4.69, 9.17) is 21.4 Å². The van der Waals surface area contributed by atoms with Crippen molar-refractivity contribution >= 4 is 17.6 Å². The molecular weight excluding hydrogens is 247 g/mol. The molecule has 0 atom stereocenters. The normalized spacial score (nSPS) is 10.2. The maximum atomic E-state index is 13.0. The lowest BCUT2D eigenvalue weighted by Crippen LogP contribution is -1.99. The van der Waals surface area contributed by atoms with Gasteiger partial charge in [0.05, 0.1) is 11.6 Å². The van der Waals surface area contributed by atoms with E-state index in [-0.39, 0.29) is 11.4 Å². The van der Waals surface area contributed by atoms with Gasteiger partial charge in [-0.1, -0.05) is 11.6 Å². The first-order valence-corrected chi connectivity index (χ1v) is 5.77. The SMILES string of the molecule is O=C(O)CCCCCOc1ccc(Cl)c(F)c1. The molecular formula is C12H14ClFO3. The zero-order valence-electron chi connectivity index (χ0n) is 9.29. The first-order valence-electron chi connectivity index (χ1n) is 5.39. The summed E-state index contributed by atoms with van der Waals surface area (Å²) in [6.07, 6.45) is 2.34. The van der Waals surface area contributed by atoms with Crippen LogP contribution < -0.4 is 4.74 Å². The number of rotatable bonds is 7. The lowest BCUT2D eigenvalue weighted by atomic mass is 10.2. The number of unbranched alkanes of at least 4 members (excludes halogenated alkanes) is 2. The second-order valence-corrected chi connectivity index (χ2v) is 4.04. The number of carboxylic acids is 1. The molecule has 0 amide bonds. The average Bonchev–Trinajstić information content (AvgIpc) is 2.27. The molecule has 0 aliphatic heterocycles. The number of carboxylic acid groups (broad SMARTS) is 1. The highest BCUT2D eigenvalue weighted by Crippen LogP contribution is 2.20. The van der Waals surface area contributed by atoms with E-state index in [1.54, 1.807) is 6.07 Å². The van der Waals surface area contributed by atoms with Crippen molar-refractivity contribution in [2.24, 2.45) is 0 Å². The van der Waals surface area contributed by atoms with Crippen LogP contribution >= 0.6 is 11.6 Å². The second-order valence-electron chi connectivity index (χ2n) is 3.63. The number of benzene rings is 1. The van der Waals surface area contributed by atoms with Crippen LogP contribution in [-0.4, -0.2) is 17.7 Å². The fourth-order valence-electron chi connectivity index (χ4n) is 1.31. The van der Waals surface area contributed by atoms with Gasteiger partial charge < -0.3 is 9.84 Å². The minimum Gasteiger partial charge on any atom is -0.493 e. The Morgan fingerprint density at radius 2 is 2.12 bits per heavy atom. The third-order valence-electron chi connectivity index (χ3n) is 2.19. The van der Waals surface area contributed by atoms with Crippen LogP contribution in [0.3, 0.4) is 0 Å². The Labute approximate surface area is 104 Å². The van der Waals surface area contributed by atoms with Crippen LogP contribution in [0, 0.1) is 5.82 Å². The molecule has 94 valence electrons. The highest BCUT2D eigenvalue weighted by atomic mass is 35.5. The van der Waals surface area contributed by atoms with Crippen molar-refractivity contribution in [1.29, 1.82) is 0 Å². The highest BCUT2D eigenvalue weighted by Gasteiger charge is 2.01. The number of aliphatic carboxylic acids is 1. The molecule has 0 aliphatic carbocycles. The largest absolute Gasteiger partial charge is 0.493 e.